The smallest absolute Gasteiger partial charge is 0.331 e. The Morgan fingerprint density at radius 1 is 1.28 bits per heavy atom. The summed E-state index contributed by atoms with van der Waals surface area (Å²) in [7, 11) is 4.87. The van der Waals surface area contributed by atoms with E-state index >= 15 is 0 Å². The molecular weight excluding hydrogens is 230 g/mol. The minimum absolute atomic E-state index is 0.284. The molecule has 100 valence electrons. The molecule has 0 radical (unpaired) electrons. The molecule has 4 nitrogen and oxygen atoms in total. The molecule has 0 N–H and O–H groups in total. The third kappa shape index (κ3) is 2.58. The molecule has 0 fully saturated rings. The highest BCUT2D eigenvalue weighted by atomic mass is 16.5. The number of carbonyl (C=O) groups is 1. The van der Waals surface area contributed by atoms with Crippen molar-refractivity contribution >= 4 is 11.7 Å². The van der Waals surface area contributed by atoms with Gasteiger partial charge in [0.2, 0.25) is 0 Å². The lowest BCUT2D eigenvalue weighted by Crippen LogP contribution is -2.49. The van der Waals surface area contributed by atoms with Crippen LogP contribution in [-0.2, 0) is 9.53 Å². The highest BCUT2D eigenvalue weighted by Gasteiger charge is 2.34. The Balaban J connectivity index is 3.21. The van der Waals surface area contributed by atoms with Crippen molar-refractivity contribution in [2.24, 2.45) is 0 Å². The Morgan fingerprint density at radius 3 is 2.39 bits per heavy atom. The average Bonchev–Trinajstić information content (AvgIpc) is 2.36. The number of ether oxygens (including phenoxy) is 2. The van der Waals surface area contributed by atoms with E-state index in [-0.39, 0.29) is 5.97 Å². The van der Waals surface area contributed by atoms with Crippen LogP contribution in [0.1, 0.15) is 19.4 Å². The number of likely N-dealkylation sites (N-methyl/N-ethyl adjacent to an activating group) is 1. The quantitative estimate of drug-likeness (QED) is 0.770. The molecule has 0 bridgehead atoms. The van der Waals surface area contributed by atoms with Crippen molar-refractivity contribution in [1.82, 2.24) is 0 Å². The fourth-order valence-electron chi connectivity index (χ4n) is 1.75. The summed E-state index contributed by atoms with van der Waals surface area (Å²) in [5.74, 6) is 0.452. The van der Waals surface area contributed by atoms with E-state index in [4.69, 9.17) is 9.47 Å². The lowest BCUT2D eigenvalue weighted by atomic mass is 10.0. The van der Waals surface area contributed by atoms with Crippen molar-refractivity contribution in [3.8, 4) is 5.75 Å². The maximum Gasteiger partial charge on any atom is 0.331 e. The fraction of sp³-hybridized carbons (Fsp3) is 0.500. The van der Waals surface area contributed by atoms with E-state index in [0.29, 0.717) is 0 Å². The summed E-state index contributed by atoms with van der Waals surface area (Å²) in [6.45, 7) is 5.64. The van der Waals surface area contributed by atoms with E-state index in [1.807, 2.05) is 50.9 Å². The molecule has 0 amide bonds. The van der Waals surface area contributed by atoms with Crippen molar-refractivity contribution < 1.29 is 14.3 Å². The van der Waals surface area contributed by atoms with Gasteiger partial charge in [-0.15, -0.1) is 0 Å². The second kappa shape index (κ2) is 5.29. The van der Waals surface area contributed by atoms with Crippen LogP contribution in [0.2, 0.25) is 0 Å². The number of anilines is 1. The predicted octanol–water partition coefficient (Wildman–Crippen LogP) is 2.39. The Bertz CT molecular complexity index is 441. The molecule has 18 heavy (non-hydrogen) atoms. The summed E-state index contributed by atoms with van der Waals surface area (Å²) >= 11 is 0. The zero-order valence-corrected chi connectivity index (χ0v) is 11.9. The first-order valence-electron chi connectivity index (χ1n) is 5.81. The number of carbonyl (C=O) groups excluding carboxylic acids is 1. The van der Waals surface area contributed by atoms with Crippen molar-refractivity contribution in [2.75, 3.05) is 26.2 Å². The zero-order valence-electron chi connectivity index (χ0n) is 11.9. The molecule has 0 aliphatic heterocycles. The summed E-state index contributed by atoms with van der Waals surface area (Å²) in [5.41, 5.74) is 1.22. The maximum atomic E-state index is 11.8. The first kappa shape index (κ1) is 14.4. The largest absolute Gasteiger partial charge is 0.495 e. The first-order chi connectivity index (χ1) is 8.34. The van der Waals surface area contributed by atoms with Crippen LogP contribution in [-0.4, -0.2) is 32.8 Å². The topological polar surface area (TPSA) is 38.8 Å². The molecular formula is C14H21NO3. The summed E-state index contributed by atoms with van der Waals surface area (Å²) in [5, 5.41) is 0. The number of nitrogens with zero attached hydrogens (tertiary/aromatic N) is 1. The Morgan fingerprint density at radius 2 is 1.89 bits per heavy atom. The fourth-order valence-corrected chi connectivity index (χ4v) is 1.75. The van der Waals surface area contributed by atoms with Gasteiger partial charge in [-0.25, -0.2) is 4.79 Å². The monoisotopic (exact) mass is 251 g/mol. The van der Waals surface area contributed by atoms with Gasteiger partial charge >= 0.3 is 5.97 Å². The van der Waals surface area contributed by atoms with E-state index < -0.39 is 5.54 Å². The highest BCUT2D eigenvalue weighted by Crippen LogP contribution is 2.33. The molecule has 0 saturated heterocycles. The SMILES string of the molecule is COC(=O)C(C)(C)N(C)c1cc(C)ccc1OC. The molecule has 0 aliphatic rings. The van der Waals surface area contributed by atoms with Gasteiger partial charge in [0.25, 0.3) is 0 Å². The molecule has 1 aromatic carbocycles. The van der Waals surface area contributed by atoms with Gasteiger partial charge in [0.1, 0.15) is 11.3 Å². The van der Waals surface area contributed by atoms with Crippen LogP contribution in [0.3, 0.4) is 0 Å². The van der Waals surface area contributed by atoms with E-state index in [9.17, 15) is 4.79 Å². The van der Waals surface area contributed by atoms with Crippen molar-refractivity contribution in [3.63, 3.8) is 0 Å². The minimum atomic E-state index is -0.754. The normalized spacial score (nSPS) is 11.0. The number of hydrogen-bond acceptors (Lipinski definition) is 4. The van der Waals surface area contributed by atoms with Crippen LogP contribution < -0.4 is 9.64 Å². The summed E-state index contributed by atoms with van der Waals surface area (Å²) < 4.78 is 10.2. The van der Waals surface area contributed by atoms with E-state index in [1.54, 1.807) is 7.11 Å². The van der Waals surface area contributed by atoms with Gasteiger partial charge in [0, 0.05) is 7.05 Å². The third-order valence-electron chi connectivity index (χ3n) is 3.22. The Kier molecular flexibility index (Phi) is 4.22. The first-order valence-corrected chi connectivity index (χ1v) is 5.81. The van der Waals surface area contributed by atoms with Gasteiger partial charge < -0.3 is 14.4 Å². The minimum Gasteiger partial charge on any atom is -0.495 e. The van der Waals surface area contributed by atoms with Gasteiger partial charge in [0.15, 0.2) is 0 Å². The molecule has 1 aromatic rings. The van der Waals surface area contributed by atoms with Crippen molar-refractivity contribution in [3.05, 3.63) is 23.8 Å². The van der Waals surface area contributed by atoms with Crippen molar-refractivity contribution in [1.29, 1.82) is 0 Å². The highest BCUT2D eigenvalue weighted by molar-refractivity contribution is 5.85. The lowest BCUT2D eigenvalue weighted by Gasteiger charge is -2.35. The van der Waals surface area contributed by atoms with E-state index in [0.717, 1.165) is 17.0 Å². The van der Waals surface area contributed by atoms with E-state index in [2.05, 4.69) is 0 Å². The average molecular weight is 251 g/mol. The molecule has 0 spiro atoms. The van der Waals surface area contributed by atoms with Crippen LogP contribution in [0.25, 0.3) is 0 Å². The van der Waals surface area contributed by atoms with Gasteiger partial charge in [-0.3, -0.25) is 0 Å². The van der Waals surface area contributed by atoms with Gasteiger partial charge in [-0.05, 0) is 38.5 Å². The molecule has 0 aliphatic carbocycles. The summed E-state index contributed by atoms with van der Waals surface area (Å²) in [6, 6.07) is 5.86. The zero-order chi connectivity index (χ0) is 13.9. The van der Waals surface area contributed by atoms with Crippen LogP contribution in [0.15, 0.2) is 18.2 Å². The number of hydrogen-bond donors (Lipinski definition) is 0. The number of rotatable bonds is 4. The molecule has 0 heterocycles. The van der Waals surface area contributed by atoms with Crippen LogP contribution in [0, 0.1) is 6.92 Å². The predicted molar refractivity (Wildman–Crippen MR) is 72.2 cm³/mol. The number of benzene rings is 1. The number of methoxy groups -OCH3 is 2. The molecule has 0 unspecified atom stereocenters. The number of esters is 1. The molecule has 0 atom stereocenters. The van der Waals surface area contributed by atoms with Gasteiger partial charge in [-0.1, -0.05) is 6.07 Å². The van der Waals surface area contributed by atoms with Crippen LogP contribution in [0.4, 0.5) is 5.69 Å². The second-order valence-electron chi connectivity index (χ2n) is 4.78. The van der Waals surface area contributed by atoms with Crippen LogP contribution in [0.5, 0.6) is 5.75 Å². The second-order valence-corrected chi connectivity index (χ2v) is 4.78. The number of aryl methyl sites for hydroxylation is 1. The third-order valence-corrected chi connectivity index (χ3v) is 3.22. The standard InChI is InChI=1S/C14H21NO3/c1-10-7-8-12(17-5)11(9-10)15(4)14(2,3)13(16)18-6/h7-9H,1-6H3. The molecule has 4 heteroatoms. The Labute approximate surface area is 108 Å². The van der Waals surface area contributed by atoms with Crippen molar-refractivity contribution in [2.45, 2.75) is 26.3 Å². The lowest BCUT2D eigenvalue weighted by molar-refractivity contribution is -0.145. The summed E-state index contributed by atoms with van der Waals surface area (Å²) in [4.78, 5) is 13.7. The van der Waals surface area contributed by atoms with E-state index in [1.165, 1.54) is 7.11 Å². The molecule has 0 aromatic heterocycles. The molecule has 1 rings (SSSR count). The van der Waals surface area contributed by atoms with Crippen LogP contribution >= 0.6 is 0 Å². The van der Waals surface area contributed by atoms with Gasteiger partial charge in [-0.2, -0.15) is 0 Å². The van der Waals surface area contributed by atoms with Gasteiger partial charge in [0.05, 0.1) is 19.9 Å². The summed E-state index contributed by atoms with van der Waals surface area (Å²) in [6.07, 6.45) is 0. The maximum absolute atomic E-state index is 11.8. The molecule has 0 saturated carbocycles. The Hall–Kier alpha value is -1.71.